The van der Waals surface area contributed by atoms with Crippen LogP contribution in [0.15, 0.2) is 48.5 Å². The molecule has 0 radical (unpaired) electrons. The first-order chi connectivity index (χ1) is 13.2. The molecule has 2 aromatic carbocycles. The monoisotopic (exact) mass is 383 g/mol. The Hall–Kier alpha value is -2.82. The van der Waals surface area contributed by atoms with E-state index in [2.05, 4.69) is 16.1 Å². The van der Waals surface area contributed by atoms with Crippen molar-refractivity contribution in [2.45, 2.75) is 52.2 Å². The number of alkyl carbamates (subject to hydrolysis) is 1. The number of carbonyl (C=O) groups is 2. The Labute approximate surface area is 167 Å². The van der Waals surface area contributed by atoms with Crippen molar-refractivity contribution in [1.29, 1.82) is 0 Å². The third kappa shape index (κ3) is 6.72. The third-order valence-electron chi connectivity index (χ3n) is 4.25. The minimum atomic E-state index is -0.527. The second kappa shape index (κ2) is 9.40. The Bertz CT molecular complexity index is 806. The summed E-state index contributed by atoms with van der Waals surface area (Å²) in [4.78, 5) is 23.3. The van der Waals surface area contributed by atoms with E-state index in [1.165, 1.54) is 7.11 Å². The number of nitrogens with one attached hydrogen (secondary N) is 1. The van der Waals surface area contributed by atoms with Crippen molar-refractivity contribution in [1.82, 2.24) is 5.32 Å². The van der Waals surface area contributed by atoms with Gasteiger partial charge in [-0.05, 0) is 62.4 Å². The van der Waals surface area contributed by atoms with Crippen molar-refractivity contribution in [2.24, 2.45) is 0 Å². The summed E-state index contributed by atoms with van der Waals surface area (Å²) in [5, 5.41) is 2.87. The lowest BCUT2D eigenvalue weighted by Crippen LogP contribution is -2.34. The molecule has 0 aliphatic carbocycles. The highest BCUT2D eigenvalue weighted by atomic mass is 16.6. The lowest BCUT2D eigenvalue weighted by molar-refractivity contribution is -0.140. The average molecular weight is 383 g/mol. The predicted molar refractivity (Wildman–Crippen MR) is 110 cm³/mol. The van der Waals surface area contributed by atoms with Crippen LogP contribution in [0.25, 0.3) is 11.1 Å². The molecule has 1 amide bonds. The summed E-state index contributed by atoms with van der Waals surface area (Å²) in [5.41, 5.74) is 3.70. The van der Waals surface area contributed by atoms with Gasteiger partial charge in [0.25, 0.3) is 0 Å². The van der Waals surface area contributed by atoms with Crippen LogP contribution in [0.2, 0.25) is 0 Å². The molecule has 0 unspecified atom stereocenters. The zero-order valence-electron chi connectivity index (χ0n) is 17.2. The molecule has 1 N–H and O–H groups in total. The topological polar surface area (TPSA) is 64.6 Å². The summed E-state index contributed by atoms with van der Waals surface area (Å²) < 4.78 is 10.00. The number of hydrogen-bond acceptors (Lipinski definition) is 4. The fourth-order valence-electron chi connectivity index (χ4n) is 2.77. The molecule has 2 aromatic rings. The standard InChI is InChI=1S/C23H29NO4/c1-16(24-22(26)28-23(2,3)4)19-7-6-8-20(15-19)18-12-9-17(10-13-18)11-14-21(25)27-5/h6-10,12-13,15-16H,11,14H2,1-5H3,(H,24,26)/t16-/m1/s1. The number of amides is 1. The number of hydrogen-bond donors (Lipinski definition) is 1. The zero-order valence-corrected chi connectivity index (χ0v) is 17.2. The van der Waals surface area contributed by atoms with Gasteiger partial charge in [0.2, 0.25) is 0 Å². The van der Waals surface area contributed by atoms with E-state index >= 15 is 0 Å². The molecule has 0 saturated heterocycles. The minimum absolute atomic E-state index is 0.172. The van der Waals surface area contributed by atoms with Gasteiger partial charge in [0.05, 0.1) is 13.2 Å². The van der Waals surface area contributed by atoms with Gasteiger partial charge >= 0.3 is 12.1 Å². The molecule has 5 heteroatoms. The largest absolute Gasteiger partial charge is 0.469 e. The number of carbonyl (C=O) groups excluding carboxylic acids is 2. The van der Waals surface area contributed by atoms with E-state index in [1.54, 1.807) is 0 Å². The maximum Gasteiger partial charge on any atom is 0.408 e. The lowest BCUT2D eigenvalue weighted by Gasteiger charge is -2.22. The van der Waals surface area contributed by atoms with Crippen LogP contribution < -0.4 is 5.32 Å². The Balaban J connectivity index is 2.06. The third-order valence-corrected chi connectivity index (χ3v) is 4.25. The minimum Gasteiger partial charge on any atom is -0.469 e. The number of esters is 1. The van der Waals surface area contributed by atoms with Crippen LogP contribution in [0.1, 0.15) is 51.3 Å². The Morgan fingerprint density at radius 1 is 1.04 bits per heavy atom. The van der Waals surface area contributed by atoms with Crippen LogP contribution in [0.5, 0.6) is 0 Å². The van der Waals surface area contributed by atoms with Gasteiger partial charge in [-0.3, -0.25) is 4.79 Å². The van der Waals surface area contributed by atoms with Gasteiger partial charge in [0, 0.05) is 6.42 Å². The fourth-order valence-corrected chi connectivity index (χ4v) is 2.77. The van der Waals surface area contributed by atoms with Crippen LogP contribution >= 0.6 is 0 Å². The molecule has 0 bridgehead atoms. The second-order valence-corrected chi connectivity index (χ2v) is 7.77. The van der Waals surface area contributed by atoms with Gasteiger partial charge in [-0.1, -0.05) is 42.5 Å². The molecule has 0 spiro atoms. The fraction of sp³-hybridized carbons (Fsp3) is 0.391. The number of rotatable bonds is 6. The Kier molecular flexibility index (Phi) is 7.21. The normalized spacial score (nSPS) is 12.2. The van der Waals surface area contributed by atoms with E-state index in [-0.39, 0.29) is 12.0 Å². The second-order valence-electron chi connectivity index (χ2n) is 7.77. The summed E-state index contributed by atoms with van der Waals surface area (Å²) in [6.45, 7) is 7.45. The Morgan fingerprint density at radius 2 is 1.71 bits per heavy atom. The lowest BCUT2D eigenvalue weighted by atomic mass is 9.98. The molecule has 0 aromatic heterocycles. The summed E-state index contributed by atoms with van der Waals surface area (Å²) in [7, 11) is 1.40. The van der Waals surface area contributed by atoms with E-state index in [0.29, 0.717) is 12.8 Å². The molecular weight excluding hydrogens is 354 g/mol. The quantitative estimate of drug-likeness (QED) is 0.710. The number of benzene rings is 2. The summed E-state index contributed by atoms with van der Waals surface area (Å²) >= 11 is 0. The van der Waals surface area contributed by atoms with Gasteiger partial charge in [-0.25, -0.2) is 4.79 Å². The number of aryl methyl sites for hydroxylation is 1. The number of ether oxygens (including phenoxy) is 2. The van der Waals surface area contributed by atoms with E-state index in [1.807, 2.05) is 70.2 Å². The Morgan fingerprint density at radius 3 is 2.32 bits per heavy atom. The molecule has 0 heterocycles. The van der Waals surface area contributed by atoms with E-state index < -0.39 is 11.7 Å². The van der Waals surface area contributed by atoms with Crippen LogP contribution in [0.3, 0.4) is 0 Å². The van der Waals surface area contributed by atoms with Gasteiger partial charge in [0.1, 0.15) is 5.60 Å². The highest BCUT2D eigenvalue weighted by Crippen LogP contribution is 2.24. The first-order valence-electron chi connectivity index (χ1n) is 9.43. The molecule has 5 nitrogen and oxygen atoms in total. The van der Waals surface area contributed by atoms with E-state index in [4.69, 9.17) is 4.74 Å². The predicted octanol–water partition coefficient (Wildman–Crippen LogP) is 5.04. The molecule has 28 heavy (non-hydrogen) atoms. The molecule has 2 rings (SSSR count). The molecule has 1 atom stereocenters. The average Bonchev–Trinajstić information content (AvgIpc) is 2.65. The van der Waals surface area contributed by atoms with Gasteiger partial charge in [-0.15, -0.1) is 0 Å². The maximum atomic E-state index is 12.0. The molecule has 150 valence electrons. The maximum absolute atomic E-state index is 12.0. The first-order valence-corrected chi connectivity index (χ1v) is 9.43. The summed E-state index contributed by atoms with van der Waals surface area (Å²) in [6, 6.07) is 16.0. The van der Waals surface area contributed by atoms with Crippen molar-refractivity contribution in [3.8, 4) is 11.1 Å². The van der Waals surface area contributed by atoms with Crippen molar-refractivity contribution in [2.75, 3.05) is 7.11 Å². The van der Waals surface area contributed by atoms with Crippen molar-refractivity contribution in [3.05, 3.63) is 59.7 Å². The molecule has 0 aliphatic rings. The SMILES string of the molecule is COC(=O)CCc1ccc(-c2cccc([C@@H](C)NC(=O)OC(C)(C)C)c2)cc1. The number of methoxy groups -OCH3 is 1. The van der Waals surface area contributed by atoms with Crippen LogP contribution in [-0.4, -0.2) is 24.8 Å². The highest BCUT2D eigenvalue weighted by Gasteiger charge is 2.18. The van der Waals surface area contributed by atoms with Crippen LogP contribution in [0, 0.1) is 0 Å². The van der Waals surface area contributed by atoms with E-state index in [9.17, 15) is 9.59 Å². The zero-order chi connectivity index (χ0) is 20.7. The van der Waals surface area contributed by atoms with E-state index in [0.717, 1.165) is 22.3 Å². The van der Waals surface area contributed by atoms with Crippen molar-refractivity contribution in [3.63, 3.8) is 0 Å². The van der Waals surface area contributed by atoms with Crippen LogP contribution in [-0.2, 0) is 20.7 Å². The van der Waals surface area contributed by atoms with Crippen molar-refractivity contribution < 1.29 is 19.1 Å². The van der Waals surface area contributed by atoms with Gasteiger partial charge in [-0.2, -0.15) is 0 Å². The molecule has 0 aliphatic heterocycles. The molecule has 0 saturated carbocycles. The molecular formula is C23H29NO4. The first kappa shape index (κ1) is 21.5. The highest BCUT2D eigenvalue weighted by molar-refractivity contribution is 5.70. The van der Waals surface area contributed by atoms with Crippen molar-refractivity contribution >= 4 is 12.1 Å². The molecule has 0 fully saturated rings. The summed E-state index contributed by atoms with van der Waals surface area (Å²) in [5.74, 6) is -0.205. The summed E-state index contributed by atoms with van der Waals surface area (Å²) in [6.07, 6.45) is 0.601. The van der Waals surface area contributed by atoms with Gasteiger partial charge in [0.15, 0.2) is 0 Å². The van der Waals surface area contributed by atoms with Crippen LogP contribution in [0.4, 0.5) is 4.79 Å². The van der Waals surface area contributed by atoms with Gasteiger partial charge < -0.3 is 14.8 Å². The smallest absolute Gasteiger partial charge is 0.408 e.